The van der Waals surface area contributed by atoms with E-state index in [2.05, 4.69) is 25.6 Å². The van der Waals surface area contributed by atoms with Crippen molar-refractivity contribution in [2.45, 2.75) is 6.54 Å². The fraction of sp³-hybridized carbons (Fsp3) is 0.136. The summed E-state index contributed by atoms with van der Waals surface area (Å²) in [5.74, 6) is 0.569. The van der Waals surface area contributed by atoms with E-state index in [-0.39, 0.29) is 5.91 Å². The van der Waals surface area contributed by atoms with E-state index >= 15 is 0 Å². The second-order valence-corrected chi connectivity index (χ2v) is 8.00. The molecule has 0 saturated heterocycles. The maximum atomic E-state index is 12.7. The number of thiazole rings is 1. The molecule has 0 saturated carbocycles. The summed E-state index contributed by atoms with van der Waals surface area (Å²) in [6, 6.07) is 13.1. The van der Waals surface area contributed by atoms with E-state index in [0.29, 0.717) is 12.1 Å². The number of hydrogen-bond acceptors (Lipinski definition) is 7. The van der Waals surface area contributed by atoms with Gasteiger partial charge >= 0.3 is 0 Å². The van der Waals surface area contributed by atoms with E-state index in [1.165, 1.54) is 11.3 Å². The van der Waals surface area contributed by atoms with Crippen LogP contribution in [-0.2, 0) is 13.6 Å². The maximum Gasteiger partial charge on any atom is 0.251 e. The molecule has 5 rings (SSSR count). The molecule has 9 heteroatoms. The Balaban J connectivity index is 1.48. The minimum atomic E-state index is -0.154. The van der Waals surface area contributed by atoms with Crippen molar-refractivity contribution in [3.05, 3.63) is 66.2 Å². The largest absolute Gasteiger partial charge is 0.371 e. The molecule has 0 unspecified atom stereocenters. The average molecular weight is 430 g/mol. The van der Waals surface area contributed by atoms with Gasteiger partial charge in [-0.2, -0.15) is 0 Å². The first kappa shape index (κ1) is 19.1. The third-order valence-electron chi connectivity index (χ3n) is 4.97. The molecule has 0 bridgehead atoms. The lowest BCUT2D eigenvalue weighted by Crippen LogP contribution is -2.23. The quantitative estimate of drug-likeness (QED) is 0.443. The Morgan fingerprint density at radius 3 is 2.81 bits per heavy atom. The van der Waals surface area contributed by atoms with Crippen molar-refractivity contribution < 1.29 is 4.79 Å². The molecule has 0 aliphatic carbocycles. The van der Waals surface area contributed by atoms with Crippen molar-refractivity contribution >= 4 is 44.4 Å². The van der Waals surface area contributed by atoms with Crippen LogP contribution in [0.1, 0.15) is 16.1 Å². The molecule has 2 N–H and O–H groups in total. The SMILES string of the molecule is CNc1nc2sc(-c3cccc(C(=O)NCc4ccccn4)c3)nc2c2c1ncn2C. The number of rotatable bonds is 5. The second-order valence-electron chi connectivity index (χ2n) is 7.02. The lowest BCUT2D eigenvalue weighted by Gasteiger charge is -2.06. The molecule has 0 radical (unpaired) electrons. The zero-order valence-corrected chi connectivity index (χ0v) is 17.8. The lowest BCUT2D eigenvalue weighted by atomic mass is 10.1. The number of fused-ring (bicyclic) bond motifs is 3. The Kier molecular flexibility index (Phi) is 4.79. The Hall–Kier alpha value is -3.85. The second kappa shape index (κ2) is 7.77. The fourth-order valence-electron chi connectivity index (χ4n) is 3.45. The van der Waals surface area contributed by atoms with Crippen LogP contribution < -0.4 is 10.6 Å². The van der Waals surface area contributed by atoms with Gasteiger partial charge in [0.25, 0.3) is 5.91 Å². The summed E-state index contributed by atoms with van der Waals surface area (Å²) in [6.45, 7) is 0.375. The lowest BCUT2D eigenvalue weighted by molar-refractivity contribution is 0.0950. The van der Waals surface area contributed by atoms with Gasteiger partial charge in [-0.3, -0.25) is 9.78 Å². The van der Waals surface area contributed by atoms with E-state index in [1.54, 1.807) is 18.6 Å². The molecular formula is C22H19N7OS. The molecule has 0 aliphatic heterocycles. The van der Waals surface area contributed by atoms with Gasteiger partial charge in [-0.1, -0.05) is 29.5 Å². The third kappa shape index (κ3) is 3.49. The Bertz CT molecular complexity index is 1410. The van der Waals surface area contributed by atoms with Crippen LogP contribution in [0.15, 0.2) is 55.0 Å². The molecule has 0 fully saturated rings. The molecule has 4 aromatic heterocycles. The average Bonchev–Trinajstić information content (AvgIpc) is 3.41. The normalized spacial score (nSPS) is 11.2. The predicted octanol–water partition coefficient (Wildman–Crippen LogP) is 3.61. The van der Waals surface area contributed by atoms with E-state index in [1.807, 2.05) is 55.1 Å². The Morgan fingerprint density at radius 1 is 1.10 bits per heavy atom. The molecule has 154 valence electrons. The summed E-state index contributed by atoms with van der Waals surface area (Å²) in [7, 11) is 3.77. The number of aryl methyl sites for hydroxylation is 1. The van der Waals surface area contributed by atoms with Crippen LogP contribution in [-0.4, -0.2) is 37.5 Å². The van der Waals surface area contributed by atoms with Gasteiger partial charge in [-0.25, -0.2) is 15.0 Å². The summed E-state index contributed by atoms with van der Waals surface area (Å²) in [6.07, 6.45) is 3.47. The van der Waals surface area contributed by atoms with E-state index in [0.717, 1.165) is 43.5 Å². The summed E-state index contributed by atoms with van der Waals surface area (Å²) >= 11 is 1.49. The molecule has 0 spiro atoms. The van der Waals surface area contributed by atoms with Crippen molar-refractivity contribution in [1.29, 1.82) is 0 Å². The van der Waals surface area contributed by atoms with Crippen molar-refractivity contribution in [2.24, 2.45) is 7.05 Å². The van der Waals surface area contributed by atoms with Crippen LogP contribution in [0, 0.1) is 0 Å². The van der Waals surface area contributed by atoms with Gasteiger partial charge < -0.3 is 15.2 Å². The van der Waals surface area contributed by atoms with Gasteiger partial charge in [-0.15, -0.1) is 0 Å². The zero-order valence-electron chi connectivity index (χ0n) is 17.0. The Morgan fingerprint density at radius 2 is 2.00 bits per heavy atom. The first-order valence-electron chi connectivity index (χ1n) is 9.72. The predicted molar refractivity (Wildman–Crippen MR) is 122 cm³/mol. The number of pyridine rings is 2. The first-order valence-corrected chi connectivity index (χ1v) is 10.5. The fourth-order valence-corrected chi connectivity index (χ4v) is 4.39. The third-order valence-corrected chi connectivity index (χ3v) is 5.97. The van der Waals surface area contributed by atoms with Crippen molar-refractivity contribution in [2.75, 3.05) is 12.4 Å². The topological polar surface area (TPSA) is 97.6 Å². The van der Waals surface area contributed by atoms with E-state index in [9.17, 15) is 4.79 Å². The summed E-state index contributed by atoms with van der Waals surface area (Å²) in [5, 5.41) is 6.83. The monoisotopic (exact) mass is 429 g/mol. The maximum absolute atomic E-state index is 12.7. The van der Waals surface area contributed by atoms with Crippen LogP contribution in [0.4, 0.5) is 5.82 Å². The number of hydrogen-bond donors (Lipinski definition) is 2. The minimum Gasteiger partial charge on any atom is -0.371 e. The van der Waals surface area contributed by atoms with Crippen LogP contribution in [0.25, 0.3) is 32.0 Å². The van der Waals surface area contributed by atoms with Gasteiger partial charge in [0.15, 0.2) is 5.82 Å². The molecule has 0 atom stereocenters. The summed E-state index contributed by atoms with van der Waals surface area (Å²) in [4.78, 5) is 31.7. The van der Waals surface area contributed by atoms with Crippen molar-refractivity contribution in [3.63, 3.8) is 0 Å². The van der Waals surface area contributed by atoms with E-state index < -0.39 is 0 Å². The molecular weight excluding hydrogens is 410 g/mol. The zero-order chi connectivity index (χ0) is 21.4. The van der Waals surface area contributed by atoms with Crippen LogP contribution in [0.2, 0.25) is 0 Å². The molecule has 5 aromatic rings. The molecule has 8 nitrogen and oxygen atoms in total. The van der Waals surface area contributed by atoms with E-state index in [4.69, 9.17) is 4.98 Å². The molecule has 1 amide bonds. The number of amides is 1. The number of imidazole rings is 1. The van der Waals surface area contributed by atoms with Crippen molar-refractivity contribution in [1.82, 2.24) is 29.8 Å². The van der Waals surface area contributed by atoms with Gasteiger partial charge in [-0.05, 0) is 24.3 Å². The highest BCUT2D eigenvalue weighted by molar-refractivity contribution is 7.21. The van der Waals surface area contributed by atoms with Gasteiger partial charge in [0, 0.05) is 31.4 Å². The summed E-state index contributed by atoms with van der Waals surface area (Å²) in [5.41, 5.74) is 4.78. The van der Waals surface area contributed by atoms with Gasteiger partial charge in [0.1, 0.15) is 26.4 Å². The highest BCUT2D eigenvalue weighted by Gasteiger charge is 2.17. The van der Waals surface area contributed by atoms with Crippen LogP contribution in [0.3, 0.4) is 0 Å². The summed E-state index contributed by atoms with van der Waals surface area (Å²) < 4.78 is 1.95. The standard InChI is InChI=1S/C22H19N7OS/c1-23-19-16-18(29(2)12-26-16)17-22(28-19)31-21(27-17)14-7-5-6-13(10-14)20(30)25-11-15-8-3-4-9-24-15/h3-10,12H,11H2,1-2H3,(H,23,28)(H,25,30). The number of carbonyl (C=O) groups is 1. The number of benzene rings is 1. The van der Waals surface area contributed by atoms with Crippen LogP contribution in [0.5, 0.6) is 0 Å². The number of anilines is 1. The molecule has 4 heterocycles. The van der Waals surface area contributed by atoms with Gasteiger partial charge in [0.05, 0.1) is 18.6 Å². The van der Waals surface area contributed by atoms with Gasteiger partial charge in [0.2, 0.25) is 0 Å². The highest BCUT2D eigenvalue weighted by Crippen LogP contribution is 2.35. The Labute approximate surface area is 182 Å². The van der Waals surface area contributed by atoms with Crippen molar-refractivity contribution in [3.8, 4) is 10.6 Å². The minimum absolute atomic E-state index is 0.154. The van der Waals surface area contributed by atoms with Crippen LogP contribution >= 0.6 is 11.3 Å². The smallest absolute Gasteiger partial charge is 0.251 e. The first-order chi connectivity index (χ1) is 15.1. The molecule has 1 aromatic carbocycles. The number of aromatic nitrogens is 5. The number of nitrogens with zero attached hydrogens (tertiary/aromatic N) is 5. The molecule has 0 aliphatic rings. The highest BCUT2D eigenvalue weighted by atomic mass is 32.1. The number of carbonyl (C=O) groups excluding carboxylic acids is 1. The molecule has 31 heavy (non-hydrogen) atoms. The number of nitrogens with one attached hydrogen (secondary N) is 2.